The molecule has 0 aliphatic heterocycles. The number of hydrogen-bond donors (Lipinski definition) is 1. The van der Waals surface area contributed by atoms with Gasteiger partial charge in [0.2, 0.25) is 0 Å². The number of fused-ring (bicyclic) bond motifs is 1. The van der Waals surface area contributed by atoms with Crippen LogP contribution in [0.1, 0.15) is 38.2 Å². The van der Waals surface area contributed by atoms with Crippen LogP contribution in [0.4, 0.5) is 0 Å². The molecule has 1 aliphatic carbocycles. The summed E-state index contributed by atoms with van der Waals surface area (Å²) >= 11 is 0. The molecule has 14 nitrogen and oxygen atoms in total. The summed E-state index contributed by atoms with van der Waals surface area (Å²) in [4.78, 5) is 50.5. The van der Waals surface area contributed by atoms with Crippen LogP contribution in [-0.4, -0.2) is 89.8 Å². The maximum absolute atomic E-state index is 13.4. The molecule has 340 valence electrons. The first-order chi connectivity index (χ1) is 32.1. The lowest BCUT2D eigenvalue weighted by molar-refractivity contribution is -0.139. The van der Waals surface area contributed by atoms with E-state index in [4.69, 9.17) is 42.6 Å². The molecule has 5 aromatic carbocycles. The smallest absolute Gasteiger partial charge is 0.330 e. The number of aromatic hydroxyl groups is 1. The van der Waals surface area contributed by atoms with Gasteiger partial charge in [-0.25, -0.2) is 14.4 Å². The highest BCUT2D eigenvalue weighted by molar-refractivity contribution is 6.13. The van der Waals surface area contributed by atoms with E-state index in [1.807, 2.05) is 0 Å². The Morgan fingerprint density at radius 1 is 0.515 bits per heavy atom. The van der Waals surface area contributed by atoms with Crippen LogP contribution in [0.25, 0.3) is 23.8 Å². The Hall–Kier alpha value is -8.26. The number of carbonyl (C=O) groups is 4. The number of allylic oxidation sites excluding steroid dienone is 2. The fraction of sp³-hybridized carbons (Fsp3) is 0.192. The highest BCUT2D eigenvalue weighted by Gasteiger charge is 2.24. The average Bonchev–Trinajstić information content (AvgIpc) is 3.34. The van der Waals surface area contributed by atoms with Crippen LogP contribution < -0.4 is 28.4 Å². The summed E-state index contributed by atoms with van der Waals surface area (Å²) in [6.07, 6.45) is 10.5. The van der Waals surface area contributed by atoms with Gasteiger partial charge in [-0.2, -0.15) is 0 Å². The molecular weight excluding hydrogens is 849 g/mol. The highest BCUT2D eigenvalue weighted by Crippen LogP contribution is 2.38. The molecule has 1 N–H and O–H groups in total. The van der Waals surface area contributed by atoms with Crippen LogP contribution in [0.2, 0.25) is 0 Å². The summed E-state index contributed by atoms with van der Waals surface area (Å²) in [6.45, 7) is -0.291. The first kappa shape index (κ1) is 47.2. The molecule has 66 heavy (non-hydrogen) atoms. The number of esters is 3. The number of hydrogen-bond acceptors (Lipinski definition) is 14. The third kappa shape index (κ3) is 14.1. The van der Waals surface area contributed by atoms with Crippen LogP contribution >= 0.6 is 0 Å². The Morgan fingerprint density at radius 2 is 0.955 bits per heavy atom. The van der Waals surface area contributed by atoms with Crippen molar-refractivity contribution in [3.05, 3.63) is 161 Å². The second-order valence-electron chi connectivity index (χ2n) is 14.2. The second kappa shape index (κ2) is 24.0. The number of ether oxygens (including phenoxy) is 9. The number of carbonyl (C=O) groups excluding carboxylic acids is 4. The van der Waals surface area contributed by atoms with Gasteiger partial charge >= 0.3 is 17.9 Å². The molecule has 0 bridgehead atoms. The predicted molar refractivity (Wildman–Crippen MR) is 246 cm³/mol. The summed E-state index contributed by atoms with van der Waals surface area (Å²) in [6, 6.07) is 29.6. The van der Waals surface area contributed by atoms with Gasteiger partial charge in [-0.1, -0.05) is 42.5 Å². The Labute approximate surface area is 381 Å². The molecule has 0 aromatic heterocycles. The minimum Gasteiger partial charge on any atom is -0.507 e. The van der Waals surface area contributed by atoms with Gasteiger partial charge in [-0.3, -0.25) is 4.79 Å². The zero-order chi connectivity index (χ0) is 46.7. The Balaban J connectivity index is 1.07. The van der Waals surface area contributed by atoms with Crippen LogP contribution in [0.5, 0.6) is 40.2 Å². The van der Waals surface area contributed by atoms with Crippen molar-refractivity contribution in [2.75, 3.05) is 61.0 Å². The monoisotopic (exact) mass is 896 g/mol. The van der Waals surface area contributed by atoms with E-state index in [-0.39, 0.29) is 68.9 Å². The lowest BCUT2D eigenvalue weighted by Crippen LogP contribution is -2.14. The van der Waals surface area contributed by atoms with Crippen molar-refractivity contribution in [1.29, 1.82) is 0 Å². The summed E-state index contributed by atoms with van der Waals surface area (Å²) in [5.41, 5.74) is 4.27. The van der Waals surface area contributed by atoms with Crippen molar-refractivity contribution in [1.82, 2.24) is 0 Å². The third-order valence-corrected chi connectivity index (χ3v) is 9.77. The van der Waals surface area contributed by atoms with E-state index in [1.165, 1.54) is 30.4 Å². The first-order valence-corrected chi connectivity index (χ1v) is 20.7. The number of phenolic OH excluding ortho intramolecular Hbond substituents is 1. The minimum absolute atomic E-state index is 0.00693. The van der Waals surface area contributed by atoms with Gasteiger partial charge in [0.1, 0.15) is 68.4 Å². The van der Waals surface area contributed by atoms with Crippen LogP contribution in [0.15, 0.2) is 127 Å². The molecule has 0 amide bonds. The topological polar surface area (TPSA) is 172 Å². The summed E-state index contributed by atoms with van der Waals surface area (Å²) in [5.74, 6) is 0.604. The van der Waals surface area contributed by atoms with E-state index >= 15 is 0 Å². The molecule has 0 fully saturated rings. The first-order valence-electron chi connectivity index (χ1n) is 20.7. The number of ketones is 1. The molecule has 1 aliphatic rings. The van der Waals surface area contributed by atoms with Crippen molar-refractivity contribution in [3.63, 3.8) is 0 Å². The Kier molecular flexibility index (Phi) is 17.2. The van der Waals surface area contributed by atoms with Gasteiger partial charge in [0.25, 0.3) is 0 Å². The van der Waals surface area contributed by atoms with Gasteiger partial charge < -0.3 is 47.7 Å². The molecule has 0 radical (unpaired) electrons. The van der Waals surface area contributed by atoms with Crippen molar-refractivity contribution < 1.29 is 66.9 Å². The molecule has 0 unspecified atom stereocenters. The maximum atomic E-state index is 13.4. The molecule has 6 rings (SSSR count). The predicted octanol–water partition coefficient (Wildman–Crippen LogP) is 8.15. The van der Waals surface area contributed by atoms with Gasteiger partial charge in [-0.15, -0.1) is 0 Å². The summed E-state index contributed by atoms with van der Waals surface area (Å²) in [5, 5.41) is 10.9. The standard InChI is InChI=1S/C52H48O14/c1-58-41-14-4-35(5-15-41)10-21-49(55)64-27-24-61-44-31-40-30-39(32-45(53)52(40)46(54)34-44)38-13-20-47(62-25-28-65-50(56)22-11-36-6-16-42(59-2)17-7-36)48(33-38)63-26-29-66-51(57)23-12-37-8-18-43(60-3)19-9-37/h4-23,31-34,54H,24-30H2,1-3H3/b21-10+,22-11+,23-12+. The number of methoxy groups -OCH3 is 3. The van der Waals surface area contributed by atoms with Gasteiger partial charge in [0, 0.05) is 24.3 Å². The highest BCUT2D eigenvalue weighted by atomic mass is 16.6. The van der Waals surface area contributed by atoms with Crippen LogP contribution in [0, 0.1) is 0 Å². The molecule has 0 heterocycles. The molecule has 5 aromatic rings. The number of rotatable bonds is 22. The van der Waals surface area contributed by atoms with E-state index in [9.17, 15) is 24.3 Å². The van der Waals surface area contributed by atoms with Gasteiger partial charge in [0.15, 0.2) is 17.3 Å². The van der Waals surface area contributed by atoms with Crippen molar-refractivity contribution in [2.24, 2.45) is 0 Å². The van der Waals surface area contributed by atoms with E-state index < -0.39 is 23.7 Å². The minimum atomic E-state index is -0.572. The van der Waals surface area contributed by atoms with Gasteiger partial charge in [0.05, 0.1) is 26.9 Å². The molecule has 0 saturated carbocycles. The summed E-state index contributed by atoms with van der Waals surface area (Å²) in [7, 11) is 4.72. The van der Waals surface area contributed by atoms with Crippen molar-refractivity contribution in [2.45, 2.75) is 6.42 Å². The lowest BCUT2D eigenvalue weighted by atomic mass is 9.86. The zero-order valence-corrected chi connectivity index (χ0v) is 36.6. The zero-order valence-electron chi connectivity index (χ0n) is 36.6. The van der Waals surface area contributed by atoms with Crippen molar-refractivity contribution >= 4 is 47.5 Å². The van der Waals surface area contributed by atoms with E-state index in [1.54, 1.807) is 137 Å². The fourth-order valence-corrected chi connectivity index (χ4v) is 6.45. The quantitative estimate of drug-likeness (QED) is 0.0305. The third-order valence-electron chi connectivity index (χ3n) is 9.77. The Morgan fingerprint density at radius 3 is 1.41 bits per heavy atom. The molecular formula is C52H48O14. The maximum Gasteiger partial charge on any atom is 0.330 e. The van der Waals surface area contributed by atoms with Crippen LogP contribution in [0.3, 0.4) is 0 Å². The van der Waals surface area contributed by atoms with Crippen LogP contribution in [-0.2, 0) is 35.0 Å². The molecule has 0 saturated heterocycles. The molecule has 0 spiro atoms. The number of benzene rings is 5. The Bertz CT molecular complexity index is 2590. The normalized spacial score (nSPS) is 12.0. The molecule has 0 atom stereocenters. The average molecular weight is 897 g/mol. The lowest BCUT2D eigenvalue weighted by Gasteiger charge is -2.20. The SMILES string of the molecule is COc1ccc(/C=C/C(=O)OCCOc2cc(O)c3c(c2)CC(c2ccc(OCCOC(=O)/C=C/c4ccc(OC)cc4)c(OCCOC(=O)/C=C/c4ccc(OC)cc4)c2)=CC3=O)cc1. The van der Waals surface area contributed by atoms with E-state index in [2.05, 4.69) is 0 Å². The number of phenols is 1. The van der Waals surface area contributed by atoms with Gasteiger partial charge in [-0.05, 0) is 119 Å². The second-order valence-corrected chi connectivity index (χ2v) is 14.2. The summed E-state index contributed by atoms with van der Waals surface area (Å²) < 4.78 is 49.2. The van der Waals surface area contributed by atoms with E-state index in [0.29, 0.717) is 39.7 Å². The van der Waals surface area contributed by atoms with E-state index in [0.717, 1.165) is 16.7 Å². The largest absolute Gasteiger partial charge is 0.507 e. The van der Waals surface area contributed by atoms with Crippen molar-refractivity contribution in [3.8, 4) is 40.2 Å². The molecule has 14 heteroatoms. The fourth-order valence-electron chi connectivity index (χ4n) is 6.45.